The van der Waals surface area contributed by atoms with Crippen LogP contribution >= 0.6 is 0 Å². The van der Waals surface area contributed by atoms with Crippen molar-refractivity contribution in [1.29, 1.82) is 0 Å². The molecule has 0 aliphatic carbocycles. The fourth-order valence-corrected chi connectivity index (χ4v) is 3.35. The molecule has 9 nitrogen and oxygen atoms in total. The third-order valence-corrected chi connectivity index (χ3v) is 4.90. The minimum absolute atomic E-state index is 0.00931. The van der Waals surface area contributed by atoms with Crippen molar-refractivity contribution in [3.8, 4) is 11.5 Å². The normalized spacial score (nSPS) is 13.1. The van der Waals surface area contributed by atoms with E-state index < -0.39 is 23.3 Å². The first-order valence-corrected chi connectivity index (χ1v) is 9.40. The van der Waals surface area contributed by atoms with Crippen molar-refractivity contribution in [3.05, 3.63) is 57.6 Å². The van der Waals surface area contributed by atoms with Gasteiger partial charge < -0.3 is 19.1 Å². The first-order valence-electron chi connectivity index (χ1n) is 9.40. The van der Waals surface area contributed by atoms with Gasteiger partial charge >= 0.3 is 5.97 Å². The Hall–Kier alpha value is -3.62. The van der Waals surface area contributed by atoms with E-state index in [1.54, 1.807) is 18.2 Å². The quantitative estimate of drug-likeness (QED) is 0.280. The van der Waals surface area contributed by atoms with Crippen LogP contribution < -0.4 is 14.4 Å². The molecular formula is C21H22N2O7. The Balaban J connectivity index is 1.74. The molecule has 0 N–H and O–H groups in total. The molecule has 1 heterocycles. The van der Waals surface area contributed by atoms with Crippen molar-refractivity contribution < 1.29 is 28.7 Å². The van der Waals surface area contributed by atoms with E-state index >= 15 is 0 Å². The zero-order chi connectivity index (χ0) is 21.7. The van der Waals surface area contributed by atoms with Crippen molar-refractivity contribution in [2.75, 3.05) is 38.8 Å². The Morgan fingerprint density at radius 1 is 1.07 bits per heavy atom. The summed E-state index contributed by atoms with van der Waals surface area (Å²) in [7, 11) is 2.89. The van der Waals surface area contributed by atoms with E-state index in [9.17, 15) is 19.7 Å². The largest absolute Gasteiger partial charge is 0.497 e. The molecule has 0 aromatic heterocycles. The van der Waals surface area contributed by atoms with Gasteiger partial charge in [0.1, 0.15) is 17.2 Å². The SMILES string of the molecule is COc1ccc(OC)c(C(=O)COC(=O)c2ccc(N3CCCC3)c([N+](=O)[O-])c2)c1. The Kier molecular flexibility index (Phi) is 6.51. The molecular weight excluding hydrogens is 392 g/mol. The number of Topliss-reactive ketones (excluding diaryl/α,β-unsaturated/α-hetero) is 1. The van der Waals surface area contributed by atoms with Crippen molar-refractivity contribution >= 4 is 23.1 Å². The van der Waals surface area contributed by atoms with E-state index in [0.29, 0.717) is 17.2 Å². The van der Waals surface area contributed by atoms with Crippen molar-refractivity contribution in [2.24, 2.45) is 0 Å². The number of nitro benzene ring substituents is 1. The summed E-state index contributed by atoms with van der Waals surface area (Å²) in [5, 5.41) is 11.5. The van der Waals surface area contributed by atoms with Crippen LogP contribution in [0.2, 0.25) is 0 Å². The molecule has 158 valence electrons. The van der Waals surface area contributed by atoms with E-state index in [2.05, 4.69) is 0 Å². The minimum atomic E-state index is -0.818. The number of nitrogens with zero attached hydrogens (tertiary/aromatic N) is 2. The van der Waals surface area contributed by atoms with Gasteiger partial charge in [0.15, 0.2) is 6.61 Å². The number of methoxy groups -OCH3 is 2. The molecule has 0 radical (unpaired) electrons. The number of benzene rings is 2. The van der Waals surface area contributed by atoms with E-state index in [-0.39, 0.29) is 16.8 Å². The summed E-state index contributed by atoms with van der Waals surface area (Å²) >= 11 is 0. The maximum Gasteiger partial charge on any atom is 0.338 e. The van der Waals surface area contributed by atoms with Gasteiger partial charge in [0.25, 0.3) is 5.69 Å². The molecule has 3 rings (SSSR count). The molecule has 0 bridgehead atoms. The highest BCUT2D eigenvalue weighted by Gasteiger charge is 2.25. The lowest BCUT2D eigenvalue weighted by Crippen LogP contribution is -2.19. The number of anilines is 1. The van der Waals surface area contributed by atoms with Crippen LogP contribution in [-0.4, -0.2) is 50.6 Å². The molecule has 2 aromatic carbocycles. The number of carbonyl (C=O) groups is 2. The van der Waals surface area contributed by atoms with Gasteiger partial charge in [-0.2, -0.15) is 0 Å². The Morgan fingerprint density at radius 3 is 2.43 bits per heavy atom. The van der Waals surface area contributed by atoms with Crippen LogP contribution in [0.25, 0.3) is 0 Å². The monoisotopic (exact) mass is 414 g/mol. The summed E-state index contributed by atoms with van der Waals surface area (Å²) in [6, 6.07) is 8.92. The molecule has 1 saturated heterocycles. The van der Waals surface area contributed by atoms with Crippen molar-refractivity contribution in [3.63, 3.8) is 0 Å². The summed E-state index contributed by atoms with van der Waals surface area (Å²) in [6.45, 7) is 0.938. The van der Waals surface area contributed by atoms with Gasteiger partial charge in [-0.05, 0) is 43.2 Å². The van der Waals surface area contributed by atoms with Gasteiger partial charge in [0.05, 0.1) is 30.3 Å². The highest BCUT2D eigenvalue weighted by molar-refractivity contribution is 6.02. The average Bonchev–Trinajstić information content (AvgIpc) is 3.31. The standard InChI is InChI=1S/C21H22N2O7/c1-28-15-6-8-20(29-2)16(12-15)19(24)13-30-21(25)14-5-7-17(18(11-14)23(26)27)22-9-3-4-10-22/h5-8,11-12H,3-4,9-10,13H2,1-2H3. The predicted octanol–water partition coefficient (Wildman–Crippen LogP) is 3.25. The molecule has 1 aliphatic heterocycles. The Bertz CT molecular complexity index is 968. The molecule has 9 heteroatoms. The number of ketones is 1. The number of hydrogen-bond donors (Lipinski definition) is 0. The predicted molar refractivity (Wildman–Crippen MR) is 109 cm³/mol. The summed E-state index contributed by atoms with van der Waals surface area (Å²) in [4.78, 5) is 37.8. The van der Waals surface area contributed by atoms with Crippen LogP contribution in [0.15, 0.2) is 36.4 Å². The third-order valence-electron chi connectivity index (χ3n) is 4.90. The fraction of sp³-hybridized carbons (Fsp3) is 0.333. The topological polar surface area (TPSA) is 108 Å². The molecule has 0 atom stereocenters. The molecule has 2 aromatic rings. The second-order valence-corrected chi connectivity index (χ2v) is 6.72. The van der Waals surface area contributed by atoms with Crippen LogP contribution in [0, 0.1) is 10.1 Å². The number of esters is 1. The second-order valence-electron chi connectivity index (χ2n) is 6.72. The molecule has 0 unspecified atom stereocenters. The average molecular weight is 414 g/mol. The lowest BCUT2D eigenvalue weighted by atomic mass is 10.1. The first-order chi connectivity index (χ1) is 14.4. The maximum atomic E-state index is 12.5. The van der Waals surface area contributed by atoms with Crippen LogP contribution in [0.4, 0.5) is 11.4 Å². The van der Waals surface area contributed by atoms with Gasteiger partial charge in [-0.3, -0.25) is 14.9 Å². The number of rotatable bonds is 8. The maximum absolute atomic E-state index is 12.5. The zero-order valence-corrected chi connectivity index (χ0v) is 16.8. The summed E-state index contributed by atoms with van der Waals surface area (Å²) < 4.78 is 15.4. The molecule has 0 spiro atoms. The first kappa shape index (κ1) is 21.1. The summed E-state index contributed by atoms with van der Waals surface area (Å²) in [5.41, 5.74) is 0.536. The molecule has 30 heavy (non-hydrogen) atoms. The lowest BCUT2D eigenvalue weighted by Gasteiger charge is -2.17. The summed E-state index contributed by atoms with van der Waals surface area (Å²) in [6.07, 6.45) is 1.94. The van der Waals surface area contributed by atoms with Crippen LogP contribution in [0.3, 0.4) is 0 Å². The van der Waals surface area contributed by atoms with Gasteiger partial charge in [0, 0.05) is 19.2 Å². The summed E-state index contributed by atoms with van der Waals surface area (Å²) in [5.74, 6) is -0.523. The van der Waals surface area contributed by atoms with Crippen LogP contribution in [0.5, 0.6) is 11.5 Å². The Morgan fingerprint density at radius 2 is 1.80 bits per heavy atom. The smallest absolute Gasteiger partial charge is 0.338 e. The number of hydrogen-bond acceptors (Lipinski definition) is 8. The fourth-order valence-electron chi connectivity index (χ4n) is 3.35. The number of nitro groups is 1. The van der Waals surface area contributed by atoms with E-state index in [1.807, 2.05) is 4.90 Å². The number of carbonyl (C=O) groups excluding carboxylic acids is 2. The number of ether oxygens (including phenoxy) is 3. The zero-order valence-electron chi connectivity index (χ0n) is 16.8. The highest BCUT2D eigenvalue weighted by atomic mass is 16.6. The van der Waals surface area contributed by atoms with E-state index in [1.165, 1.54) is 32.4 Å². The van der Waals surface area contributed by atoms with Crippen LogP contribution in [-0.2, 0) is 4.74 Å². The Labute approximate surface area is 173 Å². The van der Waals surface area contributed by atoms with Crippen LogP contribution in [0.1, 0.15) is 33.6 Å². The highest BCUT2D eigenvalue weighted by Crippen LogP contribution is 2.32. The van der Waals surface area contributed by atoms with Crippen molar-refractivity contribution in [1.82, 2.24) is 0 Å². The van der Waals surface area contributed by atoms with Crippen molar-refractivity contribution in [2.45, 2.75) is 12.8 Å². The second kappa shape index (κ2) is 9.25. The third kappa shape index (κ3) is 4.51. The molecule has 1 fully saturated rings. The van der Waals surface area contributed by atoms with Gasteiger partial charge in [-0.15, -0.1) is 0 Å². The van der Waals surface area contributed by atoms with Gasteiger partial charge in [-0.1, -0.05) is 0 Å². The minimum Gasteiger partial charge on any atom is -0.497 e. The van der Waals surface area contributed by atoms with Gasteiger partial charge in [0.2, 0.25) is 5.78 Å². The molecule has 0 saturated carbocycles. The van der Waals surface area contributed by atoms with Gasteiger partial charge in [-0.25, -0.2) is 4.79 Å². The molecule has 0 amide bonds. The lowest BCUT2D eigenvalue weighted by molar-refractivity contribution is -0.384. The van der Waals surface area contributed by atoms with E-state index in [0.717, 1.165) is 25.9 Å². The van der Waals surface area contributed by atoms with E-state index in [4.69, 9.17) is 14.2 Å². The molecule has 1 aliphatic rings.